The first-order chi connectivity index (χ1) is 8.84. The molecule has 0 aliphatic carbocycles. The van der Waals surface area contributed by atoms with E-state index in [1.807, 2.05) is 53.9 Å². The summed E-state index contributed by atoms with van der Waals surface area (Å²) in [5, 5.41) is 3.04. The number of ketones is 1. The van der Waals surface area contributed by atoms with Crippen LogP contribution in [0.5, 0.6) is 0 Å². The Kier molecular flexibility index (Phi) is 2.95. The van der Waals surface area contributed by atoms with E-state index in [4.69, 9.17) is 0 Å². The van der Waals surface area contributed by atoms with Crippen LogP contribution in [-0.2, 0) is 6.42 Å². The van der Waals surface area contributed by atoms with Crippen molar-refractivity contribution in [2.45, 2.75) is 6.42 Å². The van der Waals surface area contributed by atoms with Gasteiger partial charge in [-0.15, -0.1) is 11.3 Å². The van der Waals surface area contributed by atoms with E-state index in [1.165, 1.54) is 4.70 Å². The molecule has 3 aromatic rings. The minimum absolute atomic E-state index is 0.193. The molecule has 0 aliphatic rings. The average molecular weight is 252 g/mol. The molecule has 0 atom stereocenters. The minimum atomic E-state index is 0.193. The molecule has 3 rings (SSSR count). The second-order valence-electron chi connectivity index (χ2n) is 4.23. The molecule has 0 aliphatic heterocycles. The molecule has 0 bridgehead atoms. The SMILES string of the molecule is O=C(Cc1ccccc1)c1csc2ccccc12. The highest BCUT2D eigenvalue weighted by Gasteiger charge is 2.12. The van der Waals surface area contributed by atoms with Crippen molar-refractivity contribution in [2.24, 2.45) is 0 Å². The fourth-order valence-corrected chi connectivity index (χ4v) is 3.04. The molecule has 1 nitrogen and oxygen atoms in total. The fourth-order valence-electron chi connectivity index (χ4n) is 2.07. The highest BCUT2D eigenvalue weighted by atomic mass is 32.1. The summed E-state index contributed by atoms with van der Waals surface area (Å²) < 4.78 is 1.17. The number of carbonyl (C=O) groups excluding carboxylic acids is 1. The molecule has 0 radical (unpaired) electrons. The van der Waals surface area contributed by atoms with E-state index in [2.05, 4.69) is 6.07 Å². The van der Waals surface area contributed by atoms with Gasteiger partial charge in [0.25, 0.3) is 0 Å². The van der Waals surface area contributed by atoms with Crippen molar-refractivity contribution in [1.82, 2.24) is 0 Å². The molecule has 1 aromatic heterocycles. The number of fused-ring (bicyclic) bond motifs is 1. The molecule has 0 N–H and O–H groups in total. The van der Waals surface area contributed by atoms with Crippen LogP contribution in [0.3, 0.4) is 0 Å². The van der Waals surface area contributed by atoms with E-state index in [0.29, 0.717) is 6.42 Å². The van der Waals surface area contributed by atoms with E-state index in [1.54, 1.807) is 11.3 Å². The molecule has 0 spiro atoms. The highest BCUT2D eigenvalue weighted by molar-refractivity contribution is 7.17. The van der Waals surface area contributed by atoms with Gasteiger partial charge in [-0.3, -0.25) is 4.79 Å². The molecule has 0 fully saturated rings. The van der Waals surface area contributed by atoms with Gasteiger partial charge in [0, 0.05) is 27.5 Å². The molecule has 2 aromatic carbocycles. The summed E-state index contributed by atoms with van der Waals surface area (Å²) in [6, 6.07) is 17.9. The smallest absolute Gasteiger partial charge is 0.168 e. The lowest BCUT2D eigenvalue weighted by molar-refractivity contribution is 0.0995. The summed E-state index contributed by atoms with van der Waals surface area (Å²) in [6.07, 6.45) is 0.474. The largest absolute Gasteiger partial charge is 0.294 e. The van der Waals surface area contributed by atoms with Gasteiger partial charge in [0.05, 0.1) is 0 Å². The zero-order valence-corrected chi connectivity index (χ0v) is 10.6. The molecule has 0 saturated heterocycles. The monoisotopic (exact) mass is 252 g/mol. The zero-order chi connectivity index (χ0) is 12.4. The topological polar surface area (TPSA) is 17.1 Å². The summed E-state index contributed by atoms with van der Waals surface area (Å²) >= 11 is 1.63. The van der Waals surface area contributed by atoms with Crippen molar-refractivity contribution in [3.05, 3.63) is 71.1 Å². The predicted molar refractivity (Wildman–Crippen MR) is 76.3 cm³/mol. The Balaban J connectivity index is 1.93. The maximum Gasteiger partial charge on any atom is 0.168 e. The molecular formula is C16H12OS. The number of thiophene rings is 1. The molecule has 0 amide bonds. The van der Waals surface area contributed by atoms with Gasteiger partial charge in [0.1, 0.15) is 0 Å². The Hall–Kier alpha value is -1.93. The Labute approximate surface area is 110 Å². The van der Waals surface area contributed by atoms with E-state index < -0.39 is 0 Å². The van der Waals surface area contributed by atoms with Crippen LogP contribution in [-0.4, -0.2) is 5.78 Å². The van der Waals surface area contributed by atoms with Crippen LogP contribution in [0, 0.1) is 0 Å². The Morgan fingerprint density at radius 2 is 1.67 bits per heavy atom. The summed E-state index contributed by atoms with van der Waals surface area (Å²) in [6.45, 7) is 0. The first-order valence-corrected chi connectivity index (χ1v) is 6.76. The quantitative estimate of drug-likeness (QED) is 0.634. The van der Waals surface area contributed by atoms with Crippen LogP contribution in [0.2, 0.25) is 0 Å². The average Bonchev–Trinajstić information content (AvgIpc) is 2.84. The normalized spacial score (nSPS) is 10.7. The minimum Gasteiger partial charge on any atom is -0.294 e. The van der Waals surface area contributed by atoms with Crippen LogP contribution in [0.15, 0.2) is 60.0 Å². The fraction of sp³-hybridized carbons (Fsp3) is 0.0625. The standard InChI is InChI=1S/C16H12OS/c17-15(10-12-6-2-1-3-7-12)14-11-18-16-9-5-4-8-13(14)16/h1-9,11H,10H2. The maximum absolute atomic E-state index is 12.3. The first-order valence-electron chi connectivity index (χ1n) is 5.88. The van der Waals surface area contributed by atoms with E-state index in [0.717, 1.165) is 16.5 Å². The Morgan fingerprint density at radius 1 is 0.944 bits per heavy atom. The lowest BCUT2D eigenvalue weighted by atomic mass is 10.0. The second kappa shape index (κ2) is 4.75. The Bertz CT molecular complexity index is 682. The van der Waals surface area contributed by atoms with Crippen molar-refractivity contribution in [1.29, 1.82) is 0 Å². The van der Waals surface area contributed by atoms with Crippen LogP contribution in [0.4, 0.5) is 0 Å². The third kappa shape index (κ3) is 2.07. The summed E-state index contributed by atoms with van der Waals surface area (Å²) in [7, 11) is 0. The Morgan fingerprint density at radius 3 is 2.50 bits per heavy atom. The highest BCUT2D eigenvalue weighted by Crippen LogP contribution is 2.26. The van der Waals surface area contributed by atoms with Gasteiger partial charge in [-0.2, -0.15) is 0 Å². The molecule has 18 heavy (non-hydrogen) atoms. The van der Waals surface area contributed by atoms with Gasteiger partial charge >= 0.3 is 0 Å². The van der Waals surface area contributed by atoms with E-state index in [9.17, 15) is 4.79 Å². The van der Waals surface area contributed by atoms with Crippen molar-refractivity contribution in [3.63, 3.8) is 0 Å². The van der Waals surface area contributed by atoms with Crippen LogP contribution >= 0.6 is 11.3 Å². The summed E-state index contributed by atoms with van der Waals surface area (Å²) in [4.78, 5) is 12.3. The van der Waals surface area contributed by atoms with Gasteiger partial charge in [-0.1, -0.05) is 48.5 Å². The van der Waals surface area contributed by atoms with Crippen molar-refractivity contribution < 1.29 is 4.79 Å². The second-order valence-corrected chi connectivity index (χ2v) is 5.14. The lowest BCUT2D eigenvalue weighted by Crippen LogP contribution is -2.02. The maximum atomic E-state index is 12.3. The van der Waals surface area contributed by atoms with Crippen LogP contribution < -0.4 is 0 Å². The number of hydrogen-bond donors (Lipinski definition) is 0. The number of rotatable bonds is 3. The summed E-state index contributed by atoms with van der Waals surface area (Å²) in [5.74, 6) is 0.193. The first kappa shape index (κ1) is 11.2. The molecule has 2 heteroatoms. The number of hydrogen-bond acceptors (Lipinski definition) is 2. The number of Topliss-reactive ketones (excluding diaryl/α,β-unsaturated/α-hetero) is 1. The number of carbonyl (C=O) groups is 1. The van der Waals surface area contributed by atoms with Gasteiger partial charge < -0.3 is 0 Å². The predicted octanol–water partition coefficient (Wildman–Crippen LogP) is 4.33. The van der Waals surface area contributed by atoms with Gasteiger partial charge in [-0.05, 0) is 11.6 Å². The van der Waals surface area contributed by atoms with Crippen molar-refractivity contribution in [2.75, 3.05) is 0 Å². The van der Waals surface area contributed by atoms with Crippen LogP contribution in [0.25, 0.3) is 10.1 Å². The van der Waals surface area contributed by atoms with Gasteiger partial charge in [-0.25, -0.2) is 0 Å². The molecule has 0 saturated carbocycles. The van der Waals surface area contributed by atoms with Crippen molar-refractivity contribution in [3.8, 4) is 0 Å². The third-order valence-electron chi connectivity index (χ3n) is 2.99. The van der Waals surface area contributed by atoms with E-state index in [-0.39, 0.29) is 5.78 Å². The molecule has 0 unspecified atom stereocenters. The van der Waals surface area contributed by atoms with Gasteiger partial charge in [0.2, 0.25) is 0 Å². The molecule has 1 heterocycles. The molecular weight excluding hydrogens is 240 g/mol. The number of benzene rings is 2. The third-order valence-corrected chi connectivity index (χ3v) is 3.95. The lowest BCUT2D eigenvalue weighted by Gasteiger charge is -2.00. The summed E-state index contributed by atoms with van der Waals surface area (Å²) in [5.41, 5.74) is 1.91. The van der Waals surface area contributed by atoms with E-state index >= 15 is 0 Å². The zero-order valence-electron chi connectivity index (χ0n) is 9.80. The molecule has 88 valence electrons. The van der Waals surface area contributed by atoms with Crippen LogP contribution in [0.1, 0.15) is 15.9 Å². The van der Waals surface area contributed by atoms with Gasteiger partial charge in [0.15, 0.2) is 5.78 Å². The van der Waals surface area contributed by atoms with Crippen molar-refractivity contribution >= 4 is 27.2 Å².